The van der Waals surface area contributed by atoms with E-state index in [1.54, 1.807) is 61.2 Å². The zero-order valence-electron chi connectivity index (χ0n) is 16.8. The fraction of sp³-hybridized carbons (Fsp3) is 0.250. The van der Waals surface area contributed by atoms with Crippen LogP contribution >= 0.6 is 23.1 Å². The molecule has 1 amide bonds. The van der Waals surface area contributed by atoms with Gasteiger partial charge in [-0.25, -0.2) is 8.42 Å². The molecular formula is C20H22N4O3S3. The van der Waals surface area contributed by atoms with E-state index in [-0.39, 0.29) is 10.8 Å². The third-order valence-electron chi connectivity index (χ3n) is 4.21. The molecule has 0 atom stereocenters. The molecule has 0 aliphatic rings. The van der Waals surface area contributed by atoms with E-state index in [0.717, 1.165) is 22.1 Å². The molecule has 0 spiro atoms. The molecule has 3 rings (SSSR count). The summed E-state index contributed by atoms with van der Waals surface area (Å²) in [5.41, 5.74) is 2.20. The topological polar surface area (TPSA) is 101 Å². The van der Waals surface area contributed by atoms with Crippen LogP contribution < -0.4 is 10.0 Å². The van der Waals surface area contributed by atoms with Crippen LogP contribution in [0.3, 0.4) is 0 Å². The Morgan fingerprint density at radius 3 is 2.53 bits per heavy atom. The van der Waals surface area contributed by atoms with Gasteiger partial charge in [0.1, 0.15) is 0 Å². The Morgan fingerprint density at radius 2 is 1.83 bits per heavy atom. The summed E-state index contributed by atoms with van der Waals surface area (Å²) in [5, 5.41) is 11.2. The van der Waals surface area contributed by atoms with Crippen LogP contribution in [0.25, 0.3) is 0 Å². The fourth-order valence-corrected chi connectivity index (χ4v) is 5.38. The van der Waals surface area contributed by atoms with E-state index in [1.165, 1.54) is 11.3 Å². The summed E-state index contributed by atoms with van der Waals surface area (Å²) >= 11 is 2.90. The van der Waals surface area contributed by atoms with Crippen molar-refractivity contribution in [3.05, 3.63) is 59.2 Å². The minimum atomic E-state index is -3.76. The molecule has 0 fully saturated rings. The Balaban J connectivity index is 1.78. The Morgan fingerprint density at radius 1 is 1.10 bits per heavy atom. The molecule has 2 aromatic carbocycles. The van der Waals surface area contributed by atoms with E-state index in [9.17, 15) is 13.2 Å². The summed E-state index contributed by atoms with van der Waals surface area (Å²) in [4.78, 5) is 12.9. The van der Waals surface area contributed by atoms with Gasteiger partial charge in [0.25, 0.3) is 15.9 Å². The van der Waals surface area contributed by atoms with Gasteiger partial charge in [-0.1, -0.05) is 53.8 Å². The van der Waals surface area contributed by atoms with E-state index in [1.807, 2.05) is 6.92 Å². The summed E-state index contributed by atoms with van der Waals surface area (Å²) < 4.78 is 28.8. The molecule has 0 saturated heterocycles. The van der Waals surface area contributed by atoms with E-state index in [2.05, 4.69) is 27.2 Å². The summed E-state index contributed by atoms with van der Waals surface area (Å²) in [5.74, 6) is 0.567. The highest BCUT2D eigenvalue weighted by atomic mass is 32.2. The molecule has 1 aromatic heterocycles. The summed E-state index contributed by atoms with van der Waals surface area (Å²) in [6.45, 7) is 5.67. The number of thioether (sulfide) groups is 1. The van der Waals surface area contributed by atoms with Crippen LogP contribution in [0, 0.1) is 13.8 Å². The fourth-order valence-electron chi connectivity index (χ4n) is 2.59. The summed E-state index contributed by atoms with van der Waals surface area (Å²) in [6, 6.07) is 11.5. The molecule has 0 aliphatic heterocycles. The number of carbonyl (C=O) groups excluding carboxylic acids is 1. The zero-order valence-corrected chi connectivity index (χ0v) is 19.2. The summed E-state index contributed by atoms with van der Waals surface area (Å²) in [7, 11) is -3.76. The lowest BCUT2D eigenvalue weighted by Crippen LogP contribution is -2.17. The maximum atomic E-state index is 12.7. The third kappa shape index (κ3) is 5.38. The van der Waals surface area contributed by atoms with E-state index in [0.29, 0.717) is 21.9 Å². The lowest BCUT2D eigenvalue weighted by molar-refractivity contribution is 0.102. The first-order valence-corrected chi connectivity index (χ1v) is 12.6. The van der Waals surface area contributed by atoms with Gasteiger partial charge in [-0.3, -0.25) is 14.8 Å². The predicted molar refractivity (Wildman–Crippen MR) is 122 cm³/mol. The monoisotopic (exact) mass is 462 g/mol. The minimum Gasteiger partial charge on any atom is -0.296 e. The minimum absolute atomic E-state index is 0.160. The van der Waals surface area contributed by atoms with E-state index in [4.69, 9.17) is 0 Å². The van der Waals surface area contributed by atoms with Crippen molar-refractivity contribution in [1.82, 2.24) is 10.2 Å². The van der Waals surface area contributed by atoms with Crippen molar-refractivity contribution in [2.24, 2.45) is 0 Å². The number of aryl methyl sites for hydroxylation is 1. The quantitative estimate of drug-likeness (QED) is 0.371. The molecule has 7 nitrogen and oxygen atoms in total. The van der Waals surface area contributed by atoms with Crippen LogP contribution in [0.15, 0.2) is 51.7 Å². The molecule has 0 aliphatic carbocycles. The Hall–Kier alpha value is -2.43. The second-order valence-electron chi connectivity index (χ2n) is 6.57. The van der Waals surface area contributed by atoms with Gasteiger partial charge in [-0.05, 0) is 50.1 Å². The number of hydrogen-bond donors (Lipinski definition) is 2. The van der Waals surface area contributed by atoms with Crippen molar-refractivity contribution in [3.8, 4) is 0 Å². The maximum absolute atomic E-state index is 12.7. The molecule has 0 radical (unpaired) electrons. The molecule has 0 saturated carbocycles. The smallest absolute Gasteiger partial charge is 0.261 e. The van der Waals surface area contributed by atoms with Crippen LogP contribution in [0.1, 0.15) is 34.8 Å². The van der Waals surface area contributed by atoms with Gasteiger partial charge in [-0.15, -0.1) is 10.2 Å². The van der Waals surface area contributed by atoms with Gasteiger partial charge in [0.15, 0.2) is 4.34 Å². The van der Waals surface area contributed by atoms with Crippen LogP contribution in [-0.2, 0) is 10.0 Å². The molecule has 0 unspecified atom stereocenters. The van der Waals surface area contributed by atoms with Crippen LogP contribution in [0.2, 0.25) is 0 Å². The van der Waals surface area contributed by atoms with Crippen LogP contribution in [0.5, 0.6) is 0 Å². The van der Waals surface area contributed by atoms with Crippen molar-refractivity contribution >= 4 is 49.8 Å². The predicted octanol–water partition coefficient (Wildman–Crippen LogP) is 4.71. The van der Waals surface area contributed by atoms with Crippen LogP contribution in [0.4, 0.5) is 10.8 Å². The van der Waals surface area contributed by atoms with Crippen LogP contribution in [-0.4, -0.2) is 30.3 Å². The molecule has 30 heavy (non-hydrogen) atoms. The van der Waals surface area contributed by atoms with Crippen molar-refractivity contribution < 1.29 is 13.2 Å². The van der Waals surface area contributed by atoms with Gasteiger partial charge in [-0.2, -0.15) is 0 Å². The molecule has 2 N–H and O–H groups in total. The highest BCUT2D eigenvalue weighted by Gasteiger charge is 2.19. The Labute approximate surface area is 184 Å². The highest BCUT2D eigenvalue weighted by molar-refractivity contribution is 8.01. The van der Waals surface area contributed by atoms with E-state index < -0.39 is 10.0 Å². The molecule has 0 bridgehead atoms. The summed E-state index contributed by atoms with van der Waals surface area (Å²) in [6.07, 6.45) is 1.02. The first kappa shape index (κ1) is 22.3. The van der Waals surface area contributed by atoms with Gasteiger partial charge >= 0.3 is 0 Å². The van der Waals surface area contributed by atoms with Gasteiger partial charge in [0, 0.05) is 11.3 Å². The first-order valence-electron chi connectivity index (χ1n) is 9.27. The molecule has 10 heteroatoms. The van der Waals surface area contributed by atoms with Crippen molar-refractivity contribution in [3.63, 3.8) is 0 Å². The number of benzene rings is 2. The second-order valence-corrected chi connectivity index (χ2v) is 10.6. The number of anilines is 2. The normalized spacial score (nSPS) is 11.3. The number of nitrogens with one attached hydrogen (secondary N) is 2. The molecule has 158 valence electrons. The zero-order chi connectivity index (χ0) is 21.7. The average Bonchev–Trinajstić information content (AvgIpc) is 3.15. The van der Waals surface area contributed by atoms with Gasteiger partial charge in [0.05, 0.1) is 10.6 Å². The van der Waals surface area contributed by atoms with Crippen molar-refractivity contribution in [2.75, 3.05) is 15.8 Å². The van der Waals surface area contributed by atoms with Crippen molar-refractivity contribution in [2.45, 2.75) is 36.4 Å². The molecule has 3 aromatic rings. The standard InChI is InChI=1S/C20H22N4O3S3/c1-4-12-28-20-23-22-19(29-20)21-18(25)16-6-5-7-17(14(16)3)24-30(26,27)15-10-8-13(2)9-11-15/h5-11,24H,4,12H2,1-3H3,(H,21,22,25). The first-order chi connectivity index (χ1) is 14.3. The number of rotatable bonds is 8. The lowest BCUT2D eigenvalue weighted by atomic mass is 10.1. The average molecular weight is 463 g/mol. The maximum Gasteiger partial charge on any atom is 0.261 e. The Kier molecular flexibility index (Phi) is 7.11. The molecule has 1 heterocycles. The Bertz CT molecular complexity index is 1140. The number of amides is 1. The number of hydrogen-bond acceptors (Lipinski definition) is 7. The third-order valence-corrected chi connectivity index (χ3v) is 7.77. The number of aromatic nitrogens is 2. The van der Waals surface area contributed by atoms with Gasteiger partial charge in [0.2, 0.25) is 5.13 Å². The molecular weight excluding hydrogens is 440 g/mol. The second kappa shape index (κ2) is 9.59. The number of carbonyl (C=O) groups is 1. The lowest BCUT2D eigenvalue weighted by Gasteiger charge is -2.13. The van der Waals surface area contributed by atoms with Gasteiger partial charge < -0.3 is 0 Å². The number of sulfonamides is 1. The highest BCUT2D eigenvalue weighted by Crippen LogP contribution is 2.27. The SMILES string of the molecule is CCCSc1nnc(NC(=O)c2cccc(NS(=O)(=O)c3ccc(C)cc3)c2C)s1. The van der Waals surface area contributed by atoms with Crippen molar-refractivity contribution in [1.29, 1.82) is 0 Å². The van der Waals surface area contributed by atoms with E-state index >= 15 is 0 Å². The largest absolute Gasteiger partial charge is 0.296 e. The number of nitrogens with zero attached hydrogens (tertiary/aromatic N) is 2.